The van der Waals surface area contributed by atoms with Crippen LogP contribution in [0.2, 0.25) is 5.15 Å². The summed E-state index contributed by atoms with van der Waals surface area (Å²) in [7, 11) is 1.79. The average molecular weight is 241 g/mol. The van der Waals surface area contributed by atoms with E-state index in [4.69, 9.17) is 11.6 Å². The molecule has 0 saturated carbocycles. The third-order valence-corrected chi connectivity index (χ3v) is 3.37. The van der Waals surface area contributed by atoms with Crippen molar-refractivity contribution in [2.24, 2.45) is 0 Å². The number of carbonyl (C=O) groups is 1. The Balaban J connectivity index is 3.00. The van der Waals surface area contributed by atoms with Gasteiger partial charge in [-0.1, -0.05) is 18.5 Å². The number of hydrogen-bond acceptors (Lipinski definition) is 2. The van der Waals surface area contributed by atoms with Crippen LogP contribution in [0.15, 0.2) is 18.3 Å². The molecular weight excluding hydrogens is 224 g/mol. The lowest BCUT2D eigenvalue weighted by Gasteiger charge is -2.35. The number of pyridine rings is 1. The Labute approximate surface area is 101 Å². The SMILES string of the molecule is CCC(C)(C)N(C)C(=O)c1cccnc1Cl. The third-order valence-electron chi connectivity index (χ3n) is 3.07. The molecule has 4 heteroatoms. The van der Waals surface area contributed by atoms with Crippen LogP contribution in [0.4, 0.5) is 0 Å². The van der Waals surface area contributed by atoms with E-state index in [1.54, 1.807) is 30.3 Å². The van der Waals surface area contributed by atoms with Crippen LogP contribution in [0.1, 0.15) is 37.6 Å². The number of rotatable bonds is 3. The Morgan fingerprint density at radius 3 is 2.69 bits per heavy atom. The lowest BCUT2D eigenvalue weighted by molar-refractivity contribution is 0.0620. The van der Waals surface area contributed by atoms with E-state index < -0.39 is 0 Å². The first kappa shape index (κ1) is 13.0. The van der Waals surface area contributed by atoms with Crippen molar-refractivity contribution in [3.05, 3.63) is 29.0 Å². The molecule has 0 atom stereocenters. The van der Waals surface area contributed by atoms with Crippen molar-refractivity contribution in [1.82, 2.24) is 9.88 Å². The van der Waals surface area contributed by atoms with Gasteiger partial charge in [-0.05, 0) is 32.4 Å². The minimum absolute atomic E-state index is 0.0926. The molecule has 0 saturated heterocycles. The van der Waals surface area contributed by atoms with Gasteiger partial charge in [-0.2, -0.15) is 0 Å². The minimum atomic E-state index is -0.184. The van der Waals surface area contributed by atoms with Crippen molar-refractivity contribution in [2.45, 2.75) is 32.7 Å². The van der Waals surface area contributed by atoms with E-state index in [9.17, 15) is 4.79 Å². The zero-order chi connectivity index (χ0) is 12.3. The maximum absolute atomic E-state index is 12.2. The largest absolute Gasteiger partial charge is 0.337 e. The van der Waals surface area contributed by atoms with Crippen LogP contribution in [-0.2, 0) is 0 Å². The number of aromatic nitrogens is 1. The fraction of sp³-hybridized carbons (Fsp3) is 0.500. The quantitative estimate of drug-likeness (QED) is 0.761. The standard InChI is InChI=1S/C12H17ClN2O/c1-5-12(2,3)15(4)11(16)9-7-6-8-14-10(9)13/h6-8H,5H2,1-4H3. The zero-order valence-electron chi connectivity index (χ0n) is 10.1. The van der Waals surface area contributed by atoms with Gasteiger partial charge in [0.05, 0.1) is 5.56 Å². The molecule has 0 unspecified atom stereocenters. The van der Waals surface area contributed by atoms with E-state index in [2.05, 4.69) is 11.9 Å². The van der Waals surface area contributed by atoms with Gasteiger partial charge in [0.15, 0.2) is 0 Å². The van der Waals surface area contributed by atoms with E-state index in [-0.39, 0.29) is 16.6 Å². The maximum atomic E-state index is 12.2. The third kappa shape index (κ3) is 2.53. The molecule has 0 aromatic carbocycles. The molecule has 1 aromatic rings. The minimum Gasteiger partial charge on any atom is -0.337 e. The van der Waals surface area contributed by atoms with Crippen LogP contribution in [0.5, 0.6) is 0 Å². The van der Waals surface area contributed by atoms with Crippen molar-refractivity contribution in [3.8, 4) is 0 Å². The summed E-state index contributed by atoms with van der Waals surface area (Å²) in [5.74, 6) is -0.0926. The van der Waals surface area contributed by atoms with Gasteiger partial charge in [-0.25, -0.2) is 4.98 Å². The van der Waals surface area contributed by atoms with E-state index in [0.29, 0.717) is 5.56 Å². The van der Waals surface area contributed by atoms with Gasteiger partial charge in [0.2, 0.25) is 0 Å². The molecule has 3 nitrogen and oxygen atoms in total. The second-order valence-corrected chi connectivity index (χ2v) is 4.73. The summed E-state index contributed by atoms with van der Waals surface area (Å²) < 4.78 is 0. The molecule has 0 aliphatic carbocycles. The summed E-state index contributed by atoms with van der Waals surface area (Å²) in [4.78, 5) is 17.8. The number of carbonyl (C=O) groups excluding carboxylic acids is 1. The second-order valence-electron chi connectivity index (χ2n) is 4.37. The van der Waals surface area contributed by atoms with Gasteiger partial charge in [0.25, 0.3) is 5.91 Å². The van der Waals surface area contributed by atoms with Crippen LogP contribution in [-0.4, -0.2) is 28.4 Å². The van der Waals surface area contributed by atoms with E-state index in [1.165, 1.54) is 0 Å². The Kier molecular flexibility index (Phi) is 3.92. The van der Waals surface area contributed by atoms with E-state index in [1.807, 2.05) is 13.8 Å². The average Bonchev–Trinajstić information content (AvgIpc) is 2.27. The van der Waals surface area contributed by atoms with Crippen molar-refractivity contribution in [3.63, 3.8) is 0 Å². The van der Waals surface area contributed by atoms with Crippen molar-refractivity contribution >= 4 is 17.5 Å². The Bertz CT molecular complexity index is 390. The van der Waals surface area contributed by atoms with Crippen LogP contribution < -0.4 is 0 Å². The molecule has 0 N–H and O–H groups in total. The summed E-state index contributed by atoms with van der Waals surface area (Å²) in [6.07, 6.45) is 2.46. The predicted molar refractivity (Wildman–Crippen MR) is 65.7 cm³/mol. The molecule has 16 heavy (non-hydrogen) atoms. The molecule has 0 spiro atoms. The smallest absolute Gasteiger partial charge is 0.257 e. The fourth-order valence-corrected chi connectivity index (χ4v) is 1.44. The second kappa shape index (κ2) is 4.83. The molecule has 0 radical (unpaired) electrons. The topological polar surface area (TPSA) is 33.2 Å². The van der Waals surface area contributed by atoms with Gasteiger partial charge in [-0.3, -0.25) is 4.79 Å². The molecule has 0 bridgehead atoms. The highest BCUT2D eigenvalue weighted by Crippen LogP contribution is 2.21. The highest BCUT2D eigenvalue weighted by molar-refractivity contribution is 6.32. The summed E-state index contributed by atoms with van der Waals surface area (Å²) in [6, 6.07) is 3.41. The van der Waals surface area contributed by atoms with E-state index in [0.717, 1.165) is 6.42 Å². The summed E-state index contributed by atoms with van der Waals surface area (Å²) in [5, 5.41) is 0.256. The normalized spacial score (nSPS) is 11.3. The molecule has 1 rings (SSSR count). The number of hydrogen-bond donors (Lipinski definition) is 0. The predicted octanol–water partition coefficient (Wildman–Crippen LogP) is 3.00. The lowest BCUT2D eigenvalue weighted by atomic mass is 9.99. The molecule has 1 aromatic heterocycles. The molecule has 0 aliphatic rings. The molecular formula is C12H17ClN2O. The van der Waals surface area contributed by atoms with Crippen LogP contribution >= 0.6 is 11.6 Å². The first-order valence-electron chi connectivity index (χ1n) is 5.29. The molecule has 0 fully saturated rings. The highest BCUT2D eigenvalue weighted by atomic mass is 35.5. The first-order valence-corrected chi connectivity index (χ1v) is 5.66. The van der Waals surface area contributed by atoms with Crippen molar-refractivity contribution in [2.75, 3.05) is 7.05 Å². The molecule has 1 amide bonds. The number of halogens is 1. The summed E-state index contributed by atoms with van der Waals surface area (Å²) in [5.41, 5.74) is 0.268. The van der Waals surface area contributed by atoms with Gasteiger partial charge >= 0.3 is 0 Å². The van der Waals surface area contributed by atoms with Gasteiger partial charge in [0, 0.05) is 18.8 Å². The fourth-order valence-electron chi connectivity index (χ4n) is 1.24. The maximum Gasteiger partial charge on any atom is 0.257 e. The van der Waals surface area contributed by atoms with Gasteiger partial charge in [-0.15, -0.1) is 0 Å². The van der Waals surface area contributed by atoms with Crippen LogP contribution in [0, 0.1) is 0 Å². The Morgan fingerprint density at radius 2 is 2.19 bits per heavy atom. The monoisotopic (exact) mass is 240 g/mol. The van der Waals surface area contributed by atoms with Gasteiger partial charge in [0.1, 0.15) is 5.15 Å². The Morgan fingerprint density at radius 1 is 1.56 bits per heavy atom. The first-order chi connectivity index (χ1) is 7.40. The van der Waals surface area contributed by atoms with Crippen molar-refractivity contribution < 1.29 is 4.79 Å². The summed E-state index contributed by atoms with van der Waals surface area (Å²) >= 11 is 5.90. The molecule has 1 heterocycles. The Hall–Kier alpha value is -1.09. The number of amides is 1. The number of nitrogens with zero attached hydrogens (tertiary/aromatic N) is 2. The summed E-state index contributed by atoms with van der Waals surface area (Å²) in [6.45, 7) is 6.10. The van der Waals surface area contributed by atoms with Crippen molar-refractivity contribution in [1.29, 1.82) is 0 Å². The highest BCUT2D eigenvalue weighted by Gasteiger charge is 2.27. The van der Waals surface area contributed by atoms with Crippen LogP contribution in [0.25, 0.3) is 0 Å². The molecule has 0 aliphatic heterocycles. The van der Waals surface area contributed by atoms with Gasteiger partial charge < -0.3 is 4.90 Å². The molecule has 88 valence electrons. The van der Waals surface area contributed by atoms with Crippen LogP contribution in [0.3, 0.4) is 0 Å². The van der Waals surface area contributed by atoms with E-state index >= 15 is 0 Å². The lowest BCUT2D eigenvalue weighted by Crippen LogP contribution is -2.44. The zero-order valence-corrected chi connectivity index (χ0v) is 10.9.